The zero-order valence-corrected chi connectivity index (χ0v) is 8.46. The Morgan fingerprint density at radius 1 is 1.33 bits per heavy atom. The maximum Gasteiger partial charge on any atom is 0.333 e. The minimum absolute atomic E-state index is 0.148. The fraction of sp³-hybridized carbons (Fsp3) is 0.750. The number of hydrogen-bond donors (Lipinski definition) is 5. The normalized spacial score (nSPS) is 13.3. The van der Waals surface area contributed by atoms with Gasteiger partial charge < -0.3 is 26.2 Å². The highest BCUT2D eigenvalue weighted by molar-refractivity contribution is 5.79. The van der Waals surface area contributed by atoms with E-state index >= 15 is 0 Å². The molecule has 90 valence electrons. The number of aliphatic hydroxyl groups is 2. The fourth-order valence-electron chi connectivity index (χ4n) is 0.456. The molecule has 2 atom stereocenters. The first kappa shape index (κ1) is 16.3. The Morgan fingerprint density at radius 2 is 1.80 bits per heavy atom. The molecule has 0 saturated heterocycles. The van der Waals surface area contributed by atoms with Crippen molar-refractivity contribution in [1.82, 2.24) is 0 Å². The lowest BCUT2D eigenvalue weighted by atomic mass is 10.3. The van der Waals surface area contributed by atoms with E-state index in [-0.39, 0.29) is 12.6 Å². The first-order chi connectivity index (χ1) is 6.81. The summed E-state index contributed by atoms with van der Waals surface area (Å²) < 4.78 is 0. The zero-order chi connectivity index (χ0) is 12.4. The summed E-state index contributed by atoms with van der Waals surface area (Å²) in [6.07, 6.45) is -1.84. The van der Waals surface area contributed by atoms with Crippen molar-refractivity contribution in [3.05, 3.63) is 0 Å². The van der Waals surface area contributed by atoms with Crippen LogP contribution < -0.4 is 5.73 Å². The highest BCUT2D eigenvalue weighted by Gasteiger charge is 2.16. The van der Waals surface area contributed by atoms with E-state index in [1.54, 1.807) is 0 Å². The largest absolute Gasteiger partial charge is 0.481 e. The molecule has 0 fully saturated rings. The SMILES string of the molecule is C[C@@H](N)CCO.O=C(O)CC(O)C(=O)O. The van der Waals surface area contributed by atoms with Crippen LogP contribution in [0.15, 0.2) is 0 Å². The van der Waals surface area contributed by atoms with Crippen molar-refractivity contribution in [3.63, 3.8) is 0 Å². The molecule has 0 bridgehead atoms. The van der Waals surface area contributed by atoms with E-state index in [1.165, 1.54) is 0 Å². The van der Waals surface area contributed by atoms with Gasteiger partial charge in [-0.05, 0) is 13.3 Å². The van der Waals surface area contributed by atoms with E-state index in [0.29, 0.717) is 6.42 Å². The van der Waals surface area contributed by atoms with Crippen LogP contribution in [0.25, 0.3) is 0 Å². The summed E-state index contributed by atoms with van der Waals surface area (Å²) in [7, 11) is 0. The van der Waals surface area contributed by atoms with Crippen molar-refractivity contribution in [1.29, 1.82) is 0 Å². The van der Waals surface area contributed by atoms with Crippen LogP contribution in [0.3, 0.4) is 0 Å². The number of carbonyl (C=O) groups is 2. The van der Waals surface area contributed by atoms with E-state index in [2.05, 4.69) is 0 Å². The predicted molar refractivity (Wildman–Crippen MR) is 51.2 cm³/mol. The quantitative estimate of drug-likeness (QED) is 0.387. The second kappa shape index (κ2) is 9.38. The van der Waals surface area contributed by atoms with Gasteiger partial charge in [-0.1, -0.05) is 0 Å². The summed E-state index contributed by atoms with van der Waals surface area (Å²) in [6.45, 7) is 2.08. The fourth-order valence-corrected chi connectivity index (χ4v) is 0.456. The van der Waals surface area contributed by atoms with Gasteiger partial charge in [-0.15, -0.1) is 0 Å². The molecule has 0 rings (SSSR count). The van der Waals surface area contributed by atoms with Crippen molar-refractivity contribution >= 4 is 11.9 Å². The van der Waals surface area contributed by atoms with Gasteiger partial charge in [0, 0.05) is 12.6 Å². The first-order valence-corrected chi connectivity index (χ1v) is 4.30. The maximum atomic E-state index is 9.72. The van der Waals surface area contributed by atoms with E-state index in [4.69, 9.17) is 26.2 Å². The van der Waals surface area contributed by atoms with E-state index < -0.39 is 24.5 Å². The minimum atomic E-state index is -1.79. The number of aliphatic hydroxyl groups excluding tert-OH is 2. The predicted octanol–water partition coefficient (Wildman–Crippen LogP) is -1.38. The van der Waals surface area contributed by atoms with Crippen molar-refractivity contribution in [2.45, 2.75) is 31.9 Å². The van der Waals surface area contributed by atoms with Gasteiger partial charge in [-0.25, -0.2) is 4.79 Å². The van der Waals surface area contributed by atoms with E-state index in [1.807, 2.05) is 6.92 Å². The molecule has 0 saturated carbocycles. The van der Waals surface area contributed by atoms with Crippen molar-refractivity contribution in [3.8, 4) is 0 Å². The van der Waals surface area contributed by atoms with Gasteiger partial charge in [0.2, 0.25) is 0 Å². The molecule has 6 N–H and O–H groups in total. The number of carboxylic acids is 2. The zero-order valence-electron chi connectivity index (χ0n) is 8.46. The molecule has 0 aliphatic heterocycles. The second-order valence-electron chi connectivity index (χ2n) is 2.94. The summed E-state index contributed by atoms with van der Waals surface area (Å²) >= 11 is 0. The lowest BCUT2D eigenvalue weighted by Crippen LogP contribution is -2.22. The van der Waals surface area contributed by atoms with Gasteiger partial charge in [-0.2, -0.15) is 0 Å². The third-order valence-electron chi connectivity index (χ3n) is 1.24. The number of nitrogens with two attached hydrogens (primary N) is 1. The standard InChI is InChI=1S/C4H11NO.C4H6O5/c1-4(5)2-3-6;5-2(4(8)9)1-3(6)7/h4,6H,2-3,5H2,1H3;2,5H,1H2,(H,6,7)(H,8,9)/t4-;/m1./s1. The summed E-state index contributed by atoms with van der Waals surface area (Å²) in [5.41, 5.74) is 5.24. The Morgan fingerprint density at radius 3 is 1.87 bits per heavy atom. The Balaban J connectivity index is 0. The molecule has 0 aliphatic rings. The van der Waals surface area contributed by atoms with Gasteiger partial charge in [-0.3, -0.25) is 4.79 Å². The summed E-state index contributed by atoms with van der Waals surface area (Å²) in [4.78, 5) is 19.4. The third kappa shape index (κ3) is 15.6. The molecule has 0 aliphatic carbocycles. The summed E-state index contributed by atoms with van der Waals surface area (Å²) in [6, 6.07) is 0.148. The monoisotopic (exact) mass is 223 g/mol. The van der Waals surface area contributed by atoms with Crippen LogP contribution in [0, 0.1) is 0 Å². The lowest BCUT2D eigenvalue weighted by molar-refractivity contribution is -0.152. The minimum Gasteiger partial charge on any atom is -0.481 e. The van der Waals surface area contributed by atoms with Crippen molar-refractivity contribution in [2.24, 2.45) is 5.73 Å². The number of aliphatic carboxylic acids is 2. The van der Waals surface area contributed by atoms with Crippen molar-refractivity contribution in [2.75, 3.05) is 6.61 Å². The number of rotatable bonds is 5. The average molecular weight is 223 g/mol. The number of hydrogen-bond acceptors (Lipinski definition) is 5. The van der Waals surface area contributed by atoms with Crippen LogP contribution in [0.5, 0.6) is 0 Å². The second-order valence-corrected chi connectivity index (χ2v) is 2.94. The van der Waals surface area contributed by atoms with Gasteiger partial charge in [0.15, 0.2) is 6.10 Å². The van der Waals surface area contributed by atoms with Crippen LogP contribution >= 0.6 is 0 Å². The number of carboxylic acid groups (broad SMARTS) is 2. The van der Waals surface area contributed by atoms with Crippen LogP contribution in [-0.2, 0) is 9.59 Å². The average Bonchev–Trinajstić information content (AvgIpc) is 2.03. The molecule has 0 aromatic heterocycles. The molecule has 0 heterocycles. The van der Waals surface area contributed by atoms with Gasteiger partial charge in [0.1, 0.15) is 0 Å². The molecule has 0 spiro atoms. The Kier molecular flexibility index (Phi) is 10.2. The lowest BCUT2D eigenvalue weighted by Gasteiger charge is -1.97. The van der Waals surface area contributed by atoms with Gasteiger partial charge >= 0.3 is 11.9 Å². The molecular formula is C8H17NO6. The Bertz CT molecular complexity index is 194. The van der Waals surface area contributed by atoms with Gasteiger partial charge in [0.25, 0.3) is 0 Å². The molecule has 7 heteroatoms. The molecule has 1 unspecified atom stereocenters. The summed E-state index contributed by atoms with van der Waals surface area (Å²) in [5, 5.41) is 32.3. The maximum absolute atomic E-state index is 9.72. The van der Waals surface area contributed by atoms with Crippen LogP contribution in [0.1, 0.15) is 19.8 Å². The van der Waals surface area contributed by atoms with Crippen LogP contribution in [0.2, 0.25) is 0 Å². The first-order valence-electron chi connectivity index (χ1n) is 4.30. The highest BCUT2D eigenvalue weighted by atomic mass is 16.4. The Labute approximate surface area is 87.1 Å². The highest BCUT2D eigenvalue weighted by Crippen LogP contribution is 1.89. The third-order valence-corrected chi connectivity index (χ3v) is 1.24. The van der Waals surface area contributed by atoms with Gasteiger partial charge in [0.05, 0.1) is 6.42 Å². The van der Waals surface area contributed by atoms with Crippen molar-refractivity contribution < 1.29 is 30.0 Å². The van der Waals surface area contributed by atoms with Crippen LogP contribution in [-0.4, -0.2) is 51.1 Å². The topological polar surface area (TPSA) is 141 Å². The molecule has 0 aromatic carbocycles. The molecule has 0 amide bonds. The molecule has 0 aromatic rings. The molecule has 7 nitrogen and oxygen atoms in total. The molecule has 15 heavy (non-hydrogen) atoms. The van der Waals surface area contributed by atoms with Crippen LogP contribution in [0.4, 0.5) is 0 Å². The molecule has 0 radical (unpaired) electrons. The molecular weight excluding hydrogens is 206 g/mol. The Hall–Kier alpha value is -1.18. The van der Waals surface area contributed by atoms with E-state index in [9.17, 15) is 9.59 Å². The van der Waals surface area contributed by atoms with E-state index in [0.717, 1.165) is 0 Å². The summed E-state index contributed by atoms with van der Waals surface area (Å²) in [5.74, 6) is -2.85. The smallest absolute Gasteiger partial charge is 0.333 e.